The molecule has 26 heavy (non-hydrogen) atoms. The highest BCUT2D eigenvalue weighted by molar-refractivity contribution is 7.07. The van der Waals surface area contributed by atoms with Crippen LogP contribution >= 0.6 is 11.3 Å². The van der Waals surface area contributed by atoms with Crippen LogP contribution in [-0.2, 0) is 22.6 Å². The Bertz CT molecular complexity index is 772. The van der Waals surface area contributed by atoms with Gasteiger partial charge in [0, 0.05) is 50.2 Å². The van der Waals surface area contributed by atoms with Gasteiger partial charge in [-0.05, 0) is 12.5 Å². The van der Waals surface area contributed by atoms with Crippen molar-refractivity contribution in [3.63, 3.8) is 0 Å². The zero-order valence-electron chi connectivity index (χ0n) is 15.0. The summed E-state index contributed by atoms with van der Waals surface area (Å²) < 4.78 is 7.42. The van der Waals surface area contributed by atoms with Crippen molar-refractivity contribution in [3.05, 3.63) is 56.6 Å². The second-order valence-corrected chi connectivity index (χ2v) is 7.38. The number of amides is 1. The van der Waals surface area contributed by atoms with Crippen molar-refractivity contribution < 1.29 is 9.53 Å². The number of aromatic nitrogens is 1. The number of aryl methyl sites for hydroxylation is 1. The van der Waals surface area contributed by atoms with Crippen LogP contribution in [-0.4, -0.2) is 47.7 Å². The van der Waals surface area contributed by atoms with Gasteiger partial charge in [0.2, 0.25) is 5.91 Å². The van der Waals surface area contributed by atoms with Crippen molar-refractivity contribution >= 4 is 17.2 Å². The van der Waals surface area contributed by atoms with Crippen LogP contribution in [0, 0.1) is 6.92 Å². The van der Waals surface area contributed by atoms with Crippen molar-refractivity contribution in [1.82, 2.24) is 14.8 Å². The lowest BCUT2D eigenvalue weighted by Gasteiger charge is -2.33. The number of thiazole rings is 1. The molecule has 0 aliphatic carbocycles. The third-order valence-corrected chi connectivity index (χ3v) is 5.42. The summed E-state index contributed by atoms with van der Waals surface area (Å²) in [6.07, 6.45) is 0.305. The highest BCUT2D eigenvalue weighted by atomic mass is 32.1. The molecule has 7 heteroatoms. The first kappa shape index (κ1) is 18.8. The molecule has 1 saturated heterocycles. The molecule has 1 N–H and O–H groups in total. The minimum atomic E-state index is -0.0497. The number of benzene rings is 1. The smallest absolute Gasteiger partial charge is 0.307 e. The van der Waals surface area contributed by atoms with Crippen LogP contribution in [0.1, 0.15) is 17.7 Å². The number of hydrogen-bond donors (Lipinski definition) is 1. The van der Waals surface area contributed by atoms with Crippen LogP contribution in [0.3, 0.4) is 0 Å². The van der Waals surface area contributed by atoms with Gasteiger partial charge in [-0.3, -0.25) is 14.5 Å². The zero-order valence-corrected chi connectivity index (χ0v) is 15.8. The van der Waals surface area contributed by atoms with E-state index in [0.29, 0.717) is 26.1 Å². The minimum Gasteiger partial charge on any atom is -0.374 e. The first-order valence-electron chi connectivity index (χ1n) is 8.91. The predicted octanol–water partition coefficient (Wildman–Crippen LogP) is 1.63. The number of ether oxygens (including phenoxy) is 1. The van der Waals surface area contributed by atoms with Crippen molar-refractivity contribution in [2.75, 3.05) is 26.2 Å². The number of nitrogens with zero attached hydrogens (tertiary/aromatic N) is 2. The molecule has 2 aromatic rings. The lowest BCUT2D eigenvalue weighted by Crippen LogP contribution is -2.47. The summed E-state index contributed by atoms with van der Waals surface area (Å²) in [6.45, 7) is 6.09. The van der Waals surface area contributed by atoms with Crippen LogP contribution in [0.4, 0.5) is 0 Å². The van der Waals surface area contributed by atoms with Gasteiger partial charge in [-0.1, -0.05) is 41.7 Å². The maximum atomic E-state index is 12.1. The largest absolute Gasteiger partial charge is 0.374 e. The fourth-order valence-corrected chi connectivity index (χ4v) is 3.85. The SMILES string of the molecule is Cc1csc(=O)n1CCC(=O)NCC1CN(Cc2ccccc2)CCO1. The molecule has 1 aliphatic heterocycles. The Balaban J connectivity index is 1.41. The molecule has 2 heterocycles. The van der Waals surface area contributed by atoms with E-state index in [1.807, 2.05) is 30.5 Å². The molecule has 6 nitrogen and oxygen atoms in total. The Morgan fingerprint density at radius 3 is 2.88 bits per heavy atom. The average Bonchev–Trinajstić information content (AvgIpc) is 2.97. The monoisotopic (exact) mass is 375 g/mol. The van der Waals surface area contributed by atoms with Crippen molar-refractivity contribution in [1.29, 1.82) is 0 Å². The maximum absolute atomic E-state index is 12.1. The van der Waals surface area contributed by atoms with Crippen molar-refractivity contribution in [2.45, 2.75) is 32.5 Å². The average molecular weight is 375 g/mol. The molecule has 140 valence electrons. The van der Waals surface area contributed by atoms with Gasteiger partial charge in [0.15, 0.2) is 0 Å². The first-order chi connectivity index (χ1) is 12.6. The maximum Gasteiger partial charge on any atom is 0.307 e. The zero-order chi connectivity index (χ0) is 18.4. The quantitative estimate of drug-likeness (QED) is 0.799. The van der Waals surface area contributed by atoms with E-state index in [2.05, 4.69) is 22.3 Å². The number of hydrogen-bond acceptors (Lipinski definition) is 5. The van der Waals surface area contributed by atoms with Gasteiger partial charge in [0.1, 0.15) is 0 Å². The third-order valence-electron chi connectivity index (χ3n) is 4.54. The third kappa shape index (κ3) is 5.27. The van der Waals surface area contributed by atoms with E-state index in [-0.39, 0.29) is 16.9 Å². The van der Waals surface area contributed by atoms with Crippen LogP contribution in [0.5, 0.6) is 0 Å². The van der Waals surface area contributed by atoms with E-state index in [9.17, 15) is 9.59 Å². The first-order valence-corrected chi connectivity index (χ1v) is 9.79. The van der Waals surface area contributed by atoms with Gasteiger partial charge >= 0.3 is 4.87 Å². The van der Waals surface area contributed by atoms with E-state index in [0.717, 1.165) is 25.3 Å². The Morgan fingerprint density at radius 1 is 1.35 bits per heavy atom. The van der Waals surface area contributed by atoms with Gasteiger partial charge in [-0.25, -0.2) is 0 Å². The molecule has 1 aromatic heterocycles. The predicted molar refractivity (Wildman–Crippen MR) is 102 cm³/mol. The van der Waals surface area contributed by atoms with Gasteiger partial charge in [0.25, 0.3) is 0 Å². The van der Waals surface area contributed by atoms with Gasteiger partial charge in [0.05, 0.1) is 12.7 Å². The highest BCUT2D eigenvalue weighted by Crippen LogP contribution is 2.10. The lowest BCUT2D eigenvalue weighted by molar-refractivity contribution is -0.122. The van der Waals surface area contributed by atoms with Crippen molar-refractivity contribution in [2.24, 2.45) is 0 Å². The molecule has 1 unspecified atom stereocenters. The molecule has 3 rings (SSSR count). The van der Waals surface area contributed by atoms with E-state index in [1.165, 1.54) is 16.9 Å². The molecule has 1 fully saturated rings. The number of rotatable bonds is 7. The minimum absolute atomic E-state index is 0.00187. The summed E-state index contributed by atoms with van der Waals surface area (Å²) in [5.74, 6) is -0.0497. The van der Waals surface area contributed by atoms with E-state index in [1.54, 1.807) is 4.57 Å². The Kier molecular flexibility index (Phi) is 6.60. The molecule has 1 aromatic carbocycles. The number of morpholine rings is 1. The summed E-state index contributed by atoms with van der Waals surface area (Å²) in [5.41, 5.74) is 2.19. The van der Waals surface area contributed by atoms with Crippen LogP contribution in [0.15, 0.2) is 40.5 Å². The number of carbonyl (C=O) groups is 1. The Labute approximate surface area is 157 Å². The molecule has 1 amide bonds. The molecule has 0 bridgehead atoms. The fourth-order valence-electron chi connectivity index (χ4n) is 3.09. The molecular weight excluding hydrogens is 350 g/mol. The van der Waals surface area contributed by atoms with Gasteiger partial charge in [-0.2, -0.15) is 0 Å². The second-order valence-electron chi connectivity index (χ2n) is 6.56. The standard InChI is InChI=1S/C19H25N3O3S/c1-15-14-26-19(24)22(15)8-7-18(23)20-11-17-13-21(9-10-25-17)12-16-5-3-2-4-6-16/h2-6,14,17H,7-13H2,1H3,(H,20,23). The summed E-state index contributed by atoms with van der Waals surface area (Å²) >= 11 is 1.17. The van der Waals surface area contributed by atoms with Crippen LogP contribution < -0.4 is 10.2 Å². The summed E-state index contributed by atoms with van der Waals surface area (Å²) in [6, 6.07) is 10.4. The topological polar surface area (TPSA) is 63.6 Å². The molecule has 0 saturated carbocycles. The molecule has 1 aliphatic rings. The Morgan fingerprint density at radius 2 is 2.15 bits per heavy atom. The van der Waals surface area contributed by atoms with E-state index in [4.69, 9.17) is 4.74 Å². The molecule has 0 spiro atoms. The molecule has 0 radical (unpaired) electrons. The lowest BCUT2D eigenvalue weighted by atomic mass is 10.2. The second kappa shape index (κ2) is 9.12. The normalized spacial score (nSPS) is 18.0. The van der Waals surface area contributed by atoms with Gasteiger partial charge in [-0.15, -0.1) is 0 Å². The Hall–Kier alpha value is -1.96. The summed E-state index contributed by atoms with van der Waals surface area (Å²) in [4.78, 5) is 26.1. The summed E-state index contributed by atoms with van der Waals surface area (Å²) in [7, 11) is 0. The van der Waals surface area contributed by atoms with E-state index < -0.39 is 0 Å². The van der Waals surface area contributed by atoms with E-state index >= 15 is 0 Å². The molecular formula is C19H25N3O3S. The molecule has 1 atom stereocenters. The van der Waals surface area contributed by atoms with Gasteiger partial charge < -0.3 is 14.6 Å². The fraction of sp³-hybridized carbons (Fsp3) is 0.474. The van der Waals surface area contributed by atoms with Crippen LogP contribution in [0.25, 0.3) is 0 Å². The highest BCUT2D eigenvalue weighted by Gasteiger charge is 2.21. The number of nitrogens with one attached hydrogen (secondary N) is 1. The summed E-state index contributed by atoms with van der Waals surface area (Å²) in [5, 5.41) is 4.75. The van der Waals surface area contributed by atoms with Crippen LogP contribution in [0.2, 0.25) is 0 Å². The van der Waals surface area contributed by atoms with Crippen molar-refractivity contribution in [3.8, 4) is 0 Å². The number of carbonyl (C=O) groups excluding carboxylic acids is 1.